The molecule has 2 aromatic carbocycles. The number of hydrogen-bond acceptors (Lipinski definition) is 5. The summed E-state index contributed by atoms with van der Waals surface area (Å²) in [6.45, 7) is 2.00. The van der Waals surface area contributed by atoms with E-state index in [2.05, 4.69) is 10.3 Å². The number of hydrogen-bond donors (Lipinski definition) is 1. The molecule has 136 valence electrons. The van der Waals surface area contributed by atoms with Crippen molar-refractivity contribution in [3.05, 3.63) is 59.0 Å². The maximum atomic E-state index is 12.3. The molecule has 0 atom stereocenters. The Labute approximate surface area is 160 Å². The van der Waals surface area contributed by atoms with E-state index in [0.717, 1.165) is 16.1 Å². The third-order valence-corrected chi connectivity index (χ3v) is 5.26. The first-order valence-corrected chi connectivity index (χ1v) is 9.22. The van der Waals surface area contributed by atoms with Gasteiger partial charge in [-0.05, 0) is 37.3 Å². The predicted molar refractivity (Wildman–Crippen MR) is 106 cm³/mol. The number of likely N-dealkylation sites (N-methyl/N-ethyl adjacent to an activating group) is 1. The highest BCUT2D eigenvalue weighted by Gasteiger charge is 2.23. The first kappa shape index (κ1) is 17.2. The van der Waals surface area contributed by atoms with Gasteiger partial charge >= 0.3 is 0 Å². The predicted octanol–water partition coefficient (Wildman–Crippen LogP) is 3.73. The van der Waals surface area contributed by atoms with Crippen LogP contribution in [0.5, 0.6) is 5.75 Å². The lowest BCUT2D eigenvalue weighted by molar-refractivity contribution is -0.120. The van der Waals surface area contributed by atoms with Crippen molar-refractivity contribution in [1.82, 2.24) is 4.98 Å². The van der Waals surface area contributed by atoms with E-state index in [0.29, 0.717) is 22.1 Å². The molecule has 0 bridgehead atoms. The second-order valence-corrected chi connectivity index (χ2v) is 7.37. The Hall–Kier alpha value is -3.19. The molecule has 0 unspecified atom stereocenters. The van der Waals surface area contributed by atoms with Crippen molar-refractivity contribution in [2.24, 2.45) is 0 Å². The fraction of sp³-hybridized carbons (Fsp3) is 0.150. The van der Waals surface area contributed by atoms with Crippen molar-refractivity contribution in [3.63, 3.8) is 0 Å². The van der Waals surface area contributed by atoms with Crippen molar-refractivity contribution in [1.29, 1.82) is 0 Å². The summed E-state index contributed by atoms with van der Waals surface area (Å²) in [7, 11) is 1.73. The van der Waals surface area contributed by atoms with Crippen LogP contribution in [0.3, 0.4) is 0 Å². The summed E-state index contributed by atoms with van der Waals surface area (Å²) in [4.78, 5) is 31.4. The largest absolute Gasteiger partial charge is 0.482 e. The summed E-state index contributed by atoms with van der Waals surface area (Å²) >= 11 is 1.42. The van der Waals surface area contributed by atoms with Gasteiger partial charge in [0.2, 0.25) is 0 Å². The highest BCUT2D eigenvalue weighted by atomic mass is 32.1. The van der Waals surface area contributed by atoms with Gasteiger partial charge in [0.15, 0.2) is 11.7 Å². The second kappa shape index (κ2) is 6.85. The smallest absolute Gasteiger partial charge is 0.264 e. The van der Waals surface area contributed by atoms with E-state index in [9.17, 15) is 9.59 Å². The number of nitrogens with one attached hydrogen (secondary N) is 1. The number of anilines is 2. The van der Waals surface area contributed by atoms with Crippen LogP contribution >= 0.6 is 11.3 Å². The topological polar surface area (TPSA) is 71.5 Å². The molecule has 0 saturated heterocycles. The maximum Gasteiger partial charge on any atom is 0.264 e. The Morgan fingerprint density at radius 2 is 2.00 bits per heavy atom. The lowest BCUT2D eigenvalue weighted by Gasteiger charge is -2.26. The third-order valence-electron chi connectivity index (χ3n) is 4.37. The number of carbonyl (C=O) groups is 2. The normalized spacial score (nSPS) is 13.1. The average Bonchev–Trinajstić information content (AvgIpc) is 3.05. The Bertz CT molecular complexity index is 1030. The molecule has 0 spiro atoms. The highest BCUT2D eigenvalue weighted by Crippen LogP contribution is 2.37. The number of thiazole rings is 1. The number of ether oxygens (including phenoxy) is 1. The minimum absolute atomic E-state index is 0.0498. The van der Waals surface area contributed by atoms with E-state index in [1.54, 1.807) is 24.1 Å². The number of nitrogens with zero attached hydrogens (tertiary/aromatic N) is 2. The van der Waals surface area contributed by atoms with Gasteiger partial charge < -0.3 is 9.64 Å². The van der Waals surface area contributed by atoms with Crippen LogP contribution in [-0.4, -0.2) is 30.5 Å². The average molecular weight is 379 g/mol. The molecule has 1 N–H and O–H groups in total. The van der Waals surface area contributed by atoms with Crippen LogP contribution in [0.1, 0.15) is 15.2 Å². The standard InChI is InChI=1S/C20H17N3O3S/c1-12-18(14-8-9-16-15(10-14)23(2)17(24)11-26-16)21-20(27-12)22-19(25)13-6-4-3-5-7-13/h3-10H,11H2,1-2H3,(H,21,22,25). The van der Waals surface area contributed by atoms with Crippen LogP contribution in [-0.2, 0) is 4.79 Å². The summed E-state index contributed by atoms with van der Waals surface area (Å²) in [5.74, 6) is 0.386. The number of benzene rings is 2. The minimum Gasteiger partial charge on any atom is -0.482 e. The number of amides is 2. The zero-order valence-electron chi connectivity index (χ0n) is 14.9. The molecule has 2 heterocycles. The molecule has 0 fully saturated rings. The van der Waals surface area contributed by atoms with Gasteiger partial charge in [-0.25, -0.2) is 4.98 Å². The molecular weight excluding hydrogens is 362 g/mol. The van der Waals surface area contributed by atoms with E-state index >= 15 is 0 Å². The highest BCUT2D eigenvalue weighted by molar-refractivity contribution is 7.16. The van der Waals surface area contributed by atoms with Crippen LogP contribution in [0.25, 0.3) is 11.3 Å². The molecule has 0 aliphatic carbocycles. The Morgan fingerprint density at radius 1 is 1.22 bits per heavy atom. The third kappa shape index (κ3) is 3.29. The van der Waals surface area contributed by atoms with Crippen LogP contribution in [0, 0.1) is 6.92 Å². The van der Waals surface area contributed by atoms with Gasteiger partial charge in [-0.1, -0.05) is 18.2 Å². The molecule has 4 rings (SSSR count). The van der Waals surface area contributed by atoms with E-state index in [-0.39, 0.29) is 18.4 Å². The Balaban J connectivity index is 1.62. The van der Waals surface area contributed by atoms with Gasteiger partial charge in [-0.15, -0.1) is 11.3 Å². The molecule has 1 aromatic heterocycles. The fourth-order valence-electron chi connectivity index (χ4n) is 2.90. The number of fused-ring (bicyclic) bond motifs is 1. The summed E-state index contributed by atoms with van der Waals surface area (Å²) in [5.41, 5.74) is 2.94. The number of carbonyl (C=O) groups excluding carboxylic acids is 2. The SMILES string of the molecule is Cc1sc(NC(=O)c2ccccc2)nc1-c1ccc2c(c1)N(C)C(=O)CO2. The van der Waals surface area contributed by atoms with Crippen LogP contribution in [0.4, 0.5) is 10.8 Å². The van der Waals surface area contributed by atoms with Gasteiger partial charge in [0, 0.05) is 23.1 Å². The molecule has 1 aliphatic rings. The Morgan fingerprint density at radius 3 is 2.78 bits per heavy atom. The van der Waals surface area contributed by atoms with Crippen molar-refractivity contribution < 1.29 is 14.3 Å². The minimum atomic E-state index is -0.194. The summed E-state index contributed by atoms with van der Waals surface area (Å²) < 4.78 is 5.47. The number of aromatic nitrogens is 1. The first-order chi connectivity index (χ1) is 13.0. The molecular formula is C20H17N3O3S. The lowest BCUT2D eigenvalue weighted by atomic mass is 10.1. The van der Waals surface area contributed by atoms with Crippen molar-refractivity contribution in [2.75, 3.05) is 23.9 Å². The van der Waals surface area contributed by atoms with Gasteiger partial charge in [-0.3, -0.25) is 14.9 Å². The summed E-state index contributed by atoms with van der Waals surface area (Å²) in [6.07, 6.45) is 0. The number of rotatable bonds is 3. The van der Waals surface area contributed by atoms with Crippen molar-refractivity contribution in [2.45, 2.75) is 6.92 Å². The van der Waals surface area contributed by atoms with Crippen molar-refractivity contribution in [3.8, 4) is 17.0 Å². The molecule has 7 heteroatoms. The van der Waals surface area contributed by atoms with Gasteiger partial charge in [0.05, 0.1) is 11.4 Å². The zero-order valence-corrected chi connectivity index (χ0v) is 15.7. The van der Waals surface area contributed by atoms with E-state index in [1.165, 1.54) is 11.3 Å². The van der Waals surface area contributed by atoms with Crippen LogP contribution < -0.4 is 15.0 Å². The molecule has 27 heavy (non-hydrogen) atoms. The zero-order chi connectivity index (χ0) is 19.0. The maximum absolute atomic E-state index is 12.3. The molecule has 3 aromatic rings. The summed E-state index contributed by atoms with van der Waals surface area (Å²) in [5, 5.41) is 3.38. The lowest BCUT2D eigenvalue weighted by Crippen LogP contribution is -2.35. The van der Waals surface area contributed by atoms with E-state index in [1.807, 2.05) is 43.3 Å². The van der Waals surface area contributed by atoms with Gasteiger partial charge in [0.25, 0.3) is 11.8 Å². The second-order valence-electron chi connectivity index (χ2n) is 6.17. The van der Waals surface area contributed by atoms with Crippen molar-refractivity contribution >= 4 is 34.0 Å². The Kier molecular flexibility index (Phi) is 4.37. The molecule has 2 amide bonds. The van der Waals surface area contributed by atoms with Crippen LogP contribution in [0.2, 0.25) is 0 Å². The summed E-state index contributed by atoms with van der Waals surface area (Å²) in [6, 6.07) is 14.7. The number of aryl methyl sites for hydroxylation is 1. The van der Waals surface area contributed by atoms with E-state index in [4.69, 9.17) is 4.74 Å². The van der Waals surface area contributed by atoms with Crippen LogP contribution in [0.15, 0.2) is 48.5 Å². The first-order valence-electron chi connectivity index (χ1n) is 8.40. The molecule has 6 nitrogen and oxygen atoms in total. The molecule has 0 radical (unpaired) electrons. The van der Waals surface area contributed by atoms with Gasteiger partial charge in [0.1, 0.15) is 5.75 Å². The quantitative estimate of drug-likeness (QED) is 0.753. The van der Waals surface area contributed by atoms with Gasteiger partial charge in [-0.2, -0.15) is 0 Å². The van der Waals surface area contributed by atoms with E-state index < -0.39 is 0 Å². The fourth-order valence-corrected chi connectivity index (χ4v) is 3.73. The monoisotopic (exact) mass is 379 g/mol. The molecule has 1 aliphatic heterocycles. The molecule has 0 saturated carbocycles.